The van der Waals surface area contributed by atoms with Gasteiger partial charge in [-0.2, -0.15) is 0 Å². The van der Waals surface area contributed by atoms with Gasteiger partial charge in [-0.25, -0.2) is 0 Å². The summed E-state index contributed by atoms with van der Waals surface area (Å²) in [6, 6.07) is 0.407. The zero-order chi connectivity index (χ0) is 8.53. The van der Waals surface area contributed by atoms with Crippen LogP contribution in [0.15, 0.2) is 0 Å². The third kappa shape index (κ3) is 7.82. The lowest BCUT2D eigenvalue weighted by molar-refractivity contribution is 0.527. The van der Waals surface area contributed by atoms with Crippen LogP contribution in [0.4, 0.5) is 0 Å². The minimum atomic E-state index is 0.407. The second-order valence-electron chi connectivity index (χ2n) is 3.09. The quantitative estimate of drug-likeness (QED) is 0.551. The Bertz CT molecular complexity index is 74.0. The second kappa shape index (κ2) is 8.02. The highest BCUT2D eigenvalue weighted by Gasteiger charge is 1.98. The molecular weight excluding hydrogens is 136 g/mol. The molecule has 0 rings (SSSR count). The molecule has 68 valence electrons. The molecule has 0 radical (unpaired) electrons. The van der Waals surface area contributed by atoms with E-state index in [0.29, 0.717) is 6.04 Å². The zero-order valence-electron chi connectivity index (χ0n) is 7.90. The maximum Gasteiger partial charge on any atom is 0.00508 e. The van der Waals surface area contributed by atoms with Crippen LogP contribution in [0.3, 0.4) is 0 Å². The van der Waals surface area contributed by atoms with Crippen molar-refractivity contribution < 1.29 is 0 Å². The molecule has 0 aliphatic heterocycles. The van der Waals surface area contributed by atoms with Crippen molar-refractivity contribution in [1.29, 1.82) is 0 Å². The molecular formula is C9H22N2. The molecule has 0 heterocycles. The summed E-state index contributed by atoms with van der Waals surface area (Å²) >= 11 is 0. The summed E-state index contributed by atoms with van der Waals surface area (Å²) in [4.78, 5) is 0. The van der Waals surface area contributed by atoms with E-state index in [1.165, 1.54) is 12.8 Å². The van der Waals surface area contributed by atoms with Crippen LogP contribution in [-0.4, -0.2) is 19.1 Å². The van der Waals surface area contributed by atoms with Gasteiger partial charge in [-0.1, -0.05) is 20.3 Å². The van der Waals surface area contributed by atoms with Crippen LogP contribution in [0.1, 0.15) is 39.5 Å². The van der Waals surface area contributed by atoms with Crippen molar-refractivity contribution in [2.24, 2.45) is 5.73 Å². The summed E-state index contributed by atoms with van der Waals surface area (Å²) in [5, 5.41) is 3.34. The fourth-order valence-electron chi connectivity index (χ4n) is 1.10. The monoisotopic (exact) mass is 158 g/mol. The van der Waals surface area contributed by atoms with Gasteiger partial charge in [0.15, 0.2) is 0 Å². The third-order valence-corrected chi connectivity index (χ3v) is 1.78. The van der Waals surface area contributed by atoms with E-state index in [9.17, 15) is 0 Å². The number of rotatable bonds is 7. The van der Waals surface area contributed by atoms with Crippen molar-refractivity contribution in [1.82, 2.24) is 5.32 Å². The van der Waals surface area contributed by atoms with Crippen molar-refractivity contribution in [2.75, 3.05) is 13.1 Å². The summed E-state index contributed by atoms with van der Waals surface area (Å²) in [5.41, 5.74) is 5.83. The third-order valence-electron chi connectivity index (χ3n) is 1.78. The van der Waals surface area contributed by atoms with Gasteiger partial charge in [-0.3, -0.25) is 0 Å². The number of nitrogens with two attached hydrogens (primary N) is 1. The molecule has 0 aromatic heterocycles. The summed E-state index contributed by atoms with van der Waals surface area (Å²) in [6.45, 7) is 6.56. The first-order chi connectivity index (χ1) is 5.31. The average molecular weight is 158 g/mol. The van der Waals surface area contributed by atoms with Gasteiger partial charge in [0.2, 0.25) is 0 Å². The van der Waals surface area contributed by atoms with E-state index in [2.05, 4.69) is 19.2 Å². The van der Waals surface area contributed by atoms with Crippen molar-refractivity contribution >= 4 is 0 Å². The minimum Gasteiger partial charge on any atom is -0.328 e. The van der Waals surface area contributed by atoms with Crippen molar-refractivity contribution in [3.63, 3.8) is 0 Å². The smallest absolute Gasteiger partial charge is 0.00508 e. The number of nitrogens with one attached hydrogen (secondary N) is 1. The largest absolute Gasteiger partial charge is 0.328 e. The van der Waals surface area contributed by atoms with Gasteiger partial charge in [-0.15, -0.1) is 0 Å². The molecule has 0 spiro atoms. The Hall–Kier alpha value is -0.0800. The van der Waals surface area contributed by atoms with Crippen LogP contribution in [0.5, 0.6) is 0 Å². The molecule has 3 N–H and O–H groups in total. The van der Waals surface area contributed by atoms with Gasteiger partial charge < -0.3 is 11.1 Å². The lowest BCUT2D eigenvalue weighted by Gasteiger charge is -2.09. The Morgan fingerprint density at radius 2 is 1.82 bits per heavy atom. The Kier molecular flexibility index (Phi) is 7.96. The summed E-state index contributed by atoms with van der Waals surface area (Å²) < 4.78 is 0. The van der Waals surface area contributed by atoms with E-state index in [1.807, 2.05) is 0 Å². The van der Waals surface area contributed by atoms with E-state index < -0.39 is 0 Å². The van der Waals surface area contributed by atoms with Crippen LogP contribution in [0.2, 0.25) is 0 Å². The maximum absolute atomic E-state index is 5.83. The summed E-state index contributed by atoms with van der Waals surface area (Å²) in [6.07, 6.45) is 4.69. The van der Waals surface area contributed by atoms with Crippen molar-refractivity contribution in [2.45, 2.75) is 45.6 Å². The van der Waals surface area contributed by atoms with Crippen molar-refractivity contribution in [3.8, 4) is 0 Å². The molecule has 0 aliphatic carbocycles. The Labute approximate surface area is 70.5 Å². The molecule has 0 aromatic rings. The van der Waals surface area contributed by atoms with E-state index in [4.69, 9.17) is 5.73 Å². The highest BCUT2D eigenvalue weighted by molar-refractivity contribution is 4.61. The van der Waals surface area contributed by atoms with Gasteiger partial charge in [0.25, 0.3) is 0 Å². The fraction of sp³-hybridized carbons (Fsp3) is 1.00. The van der Waals surface area contributed by atoms with Crippen LogP contribution in [0, 0.1) is 0 Å². The summed E-state index contributed by atoms with van der Waals surface area (Å²) in [7, 11) is 0. The first-order valence-electron chi connectivity index (χ1n) is 4.77. The molecule has 0 aromatic carbocycles. The molecule has 0 fully saturated rings. The molecule has 2 heteroatoms. The highest BCUT2D eigenvalue weighted by Crippen LogP contribution is 1.96. The molecule has 0 amide bonds. The van der Waals surface area contributed by atoms with E-state index in [1.54, 1.807) is 0 Å². The highest BCUT2D eigenvalue weighted by atomic mass is 14.8. The van der Waals surface area contributed by atoms with Crippen molar-refractivity contribution in [3.05, 3.63) is 0 Å². The van der Waals surface area contributed by atoms with Crippen LogP contribution >= 0.6 is 0 Å². The number of hydrogen-bond donors (Lipinski definition) is 2. The topological polar surface area (TPSA) is 38.0 Å². The molecule has 1 unspecified atom stereocenters. The molecule has 0 bridgehead atoms. The molecule has 2 nitrogen and oxygen atoms in total. The molecule has 11 heavy (non-hydrogen) atoms. The average Bonchev–Trinajstić information content (AvgIpc) is 1.99. The Morgan fingerprint density at radius 3 is 2.36 bits per heavy atom. The number of hydrogen-bond acceptors (Lipinski definition) is 2. The first kappa shape index (κ1) is 10.9. The Balaban J connectivity index is 2.97. The molecule has 0 aliphatic rings. The fourth-order valence-corrected chi connectivity index (χ4v) is 1.10. The van der Waals surface area contributed by atoms with E-state index >= 15 is 0 Å². The van der Waals surface area contributed by atoms with Gasteiger partial charge in [0.05, 0.1) is 0 Å². The van der Waals surface area contributed by atoms with Gasteiger partial charge in [-0.05, 0) is 32.4 Å². The maximum atomic E-state index is 5.83. The van der Waals surface area contributed by atoms with Crippen LogP contribution in [0.25, 0.3) is 0 Å². The predicted molar refractivity (Wildman–Crippen MR) is 50.7 cm³/mol. The SMILES string of the molecule is CCCNCCC(N)CCC. The lowest BCUT2D eigenvalue weighted by Crippen LogP contribution is -2.26. The molecule has 0 saturated carbocycles. The van der Waals surface area contributed by atoms with Gasteiger partial charge in [0.1, 0.15) is 0 Å². The normalized spacial score (nSPS) is 13.4. The lowest BCUT2D eigenvalue weighted by atomic mass is 10.1. The zero-order valence-corrected chi connectivity index (χ0v) is 7.90. The Morgan fingerprint density at radius 1 is 1.09 bits per heavy atom. The van der Waals surface area contributed by atoms with E-state index in [0.717, 1.165) is 25.9 Å². The van der Waals surface area contributed by atoms with Crippen LogP contribution < -0.4 is 11.1 Å². The minimum absolute atomic E-state index is 0.407. The van der Waals surface area contributed by atoms with E-state index in [-0.39, 0.29) is 0 Å². The molecule has 1 atom stereocenters. The van der Waals surface area contributed by atoms with Crippen LogP contribution in [-0.2, 0) is 0 Å². The predicted octanol–water partition coefficient (Wildman–Crippen LogP) is 1.50. The molecule has 0 saturated heterocycles. The first-order valence-corrected chi connectivity index (χ1v) is 4.77. The standard InChI is InChI=1S/C9H22N2/c1-3-5-9(10)6-8-11-7-4-2/h9,11H,3-8,10H2,1-2H3. The van der Waals surface area contributed by atoms with Gasteiger partial charge >= 0.3 is 0 Å². The summed E-state index contributed by atoms with van der Waals surface area (Å²) in [5.74, 6) is 0. The van der Waals surface area contributed by atoms with Gasteiger partial charge in [0, 0.05) is 6.04 Å². The second-order valence-corrected chi connectivity index (χ2v) is 3.09.